The maximum Gasteiger partial charge on any atom is 0.339 e. The molecular formula is C13H12N4O3S. The number of aromatic amines is 1. The lowest BCUT2D eigenvalue weighted by Gasteiger charge is -2.07. The van der Waals surface area contributed by atoms with E-state index in [4.69, 9.17) is 10.00 Å². The summed E-state index contributed by atoms with van der Waals surface area (Å²) in [6.45, 7) is 0. The smallest absolute Gasteiger partial charge is 0.339 e. The van der Waals surface area contributed by atoms with Gasteiger partial charge in [-0.25, -0.2) is 0 Å². The van der Waals surface area contributed by atoms with Crippen LogP contribution in [0.25, 0.3) is 0 Å². The molecule has 0 amide bonds. The molecule has 0 aliphatic carbocycles. The zero-order valence-electron chi connectivity index (χ0n) is 11.4. The third-order valence-corrected chi connectivity index (χ3v) is 3.80. The van der Waals surface area contributed by atoms with Gasteiger partial charge in [-0.15, -0.1) is 0 Å². The van der Waals surface area contributed by atoms with Crippen LogP contribution in [0.4, 0.5) is 0 Å². The van der Waals surface area contributed by atoms with Gasteiger partial charge in [0.1, 0.15) is 11.8 Å². The minimum absolute atomic E-state index is 0.397. The van der Waals surface area contributed by atoms with Crippen LogP contribution in [0.15, 0.2) is 32.9 Å². The predicted octanol–water partition coefficient (Wildman–Crippen LogP) is 0.641. The Balaban J connectivity index is 2.21. The van der Waals surface area contributed by atoms with Gasteiger partial charge in [0.25, 0.3) is 0 Å². The van der Waals surface area contributed by atoms with Gasteiger partial charge in [-0.05, 0) is 17.7 Å². The fourth-order valence-electron chi connectivity index (χ4n) is 1.67. The van der Waals surface area contributed by atoms with Crippen LogP contribution in [0.5, 0.6) is 5.75 Å². The molecule has 21 heavy (non-hydrogen) atoms. The van der Waals surface area contributed by atoms with Crippen LogP contribution in [-0.4, -0.2) is 21.9 Å². The summed E-state index contributed by atoms with van der Waals surface area (Å²) in [6, 6.07) is 7.32. The van der Waals surface area contributed by atoms with Crippen LogP contribution in [0, 0.1) is 11.3 Å². The quantitative estimate of drug-likeness (QED) is 0.657. The number of nitrogens with one attached hydrogen (secondary N) is 1. The summed E-state index contributed by atoms with van der Waals surface area (Å²) in [6.07, 6.45) is 0. The van der Waals surface area contributed by atoms with Gasteiger partial charge in [0, 0.05) is 12.8 Å². The molecule has 0 aliphatic heterocycles. The second kappa shape index (κ2) is 6.28. The first-order valence-corrected chi connectivity index (χ1v) is 6.91. The molecule has 0 spiro atoms. The molecule has 1 heterocycles. The zero-order chi connectivity index (χ0) is 15.4. The molecule has 0 bridgehead atoms. The molecule has 2 rings (SSSR count). The van der Waals surface area contributed by atoms with E-state index in [9.17, 15) is 9.59 Å². The number of nitrogens with zero attached hydrogens (tertiary/aromatic N) is 3. The molecule has 1 aromatic heterocycles. The number of hydrogen-bond acceptors (Lipinski definition) is 6. The first-order valence-electron chi connectivity index (χ1n) is 5.92. The molecule has 0 saturated carbocycles. The van der Waals surface area contributed by atoms with Crippen molar-refractivity contribution in [3.63, 3.8) is 0 Å². The molecule has 0 atom stereocenters. The monoisotopic (exact) mass is 304 g/mol. The lowest BCUT2D eigenvalue weighted by Crippen LogP contribution is -2.33. The van der Waals surface area contributed by atoms with Crippen molar-refractivity contribution >= 4 is 11.8 Å². The Morgan fingerprint density at radius 2 is 2.24 bits per heavy atom. The average molecular weight is 304 g/mol. The third-order valence-electron chi connectivity index (χ3n) is 2.70. The normalized spacial score (nSPS) is 10.1. The molecule has 1 N–H and O–H groups in total. The number of thioether (sulfide) groups is 1. The van der Waals surface area contributed by atoms with Crippen molar-refractivity contribution in [3.8, 4) is 11.8 Å². The average Bonchev–Trinajstić information content (AvgIpc) is 2.49. The second-order valence-corrected chi connectivity index (χ2v) is 5.08. The van der Waals surface area contributed by atoms with E-state index in [1.165, 1.54) is 23.6 Å². The van der Waals surface area contributed by atoms with Crippen molar-refractivity contribution < 1.29 is 4.74 Å². The summed E-state index contributed by atoms with van der Waals surface area (Å²) in [5, 5.41) is 11.8. The molecule has 1 aromatic carbocycles. The lowest BCUT2D eigenvalue weighted by atomic mass is 10.1. The Morgan fingerprint density at radius 3 is 2.90 bits per heavy atom. The molecule has 0 aliphatic rings. The standard InChI is InChI=1S/C13H12N4O3S/c1-17-13(15-11(18)12(19)16-17)21-7-8-3-4-10(20-2)9(5-8)6-14/h3-5H,7H2,1-2H3,(H,16,19). The number of H-pyrrole nitrogens is 1. The van der Waals surface area contributed by atoms with Gasteiger partial charge in [-0.3, -0.25) is 19.4 Å². The Labute approximate surface area is 124 Å². The van der Waals surface area contributed by atoms with Gasteiger partial charge in [-0.1, -0.05) is 17.8 Å². The largest absolute Gasteiger partial charge is 0.495 e. The fourth-order valence-corrected chi connectivity index (χ4v) is 2.53. The number of hydrogen-bond donors (Lipinski definition) is 1. The summed E-state index contributed by atoms with van der Waals surface area (Å²) in [7, 11) is 3.11. The van der Waals surface area contributed by atoms with E-state index in [1.54, 1.807) is 19.2 Å². The Hall–Kier alpha value is -2.53. The van der Waals surface area contributed by atoms with Crippen molar-refractivity contribution in [3.05, 3.63) is 50.0 Å². The molecular weight excluding hydrogens is 292 g/mol. The Bertz CT molecular complexity index is 819. The first-order chi connectivity index (χ1) is 10.0. The predicted molar refractivity (Wildman–Crippen MR) is 77.4 cm³/mol. The topological polar surface area (TPSA) is 101 Å². The van der Waals surface area contributed by atoms with Crippen LogP contribution in [-0.2, 0) is 12.8 Å². The van der Waals surface area contributed by atoms with Crippen molar-refractivity contribution in [1.82, 2.24) is 14.8 Å². The number of methoxy groups -OCH3 is 1. The minimum atomic E-state index is -0.817. The molecule has 2 aromatic rings. The lowest BCUT2D eigenvalue weighted by molar-refractivity contribution is 0.413. The number of aromatic nitrogens is 3. The van der Waals surface area contributed by atoms with Crippen LogP contribution in [0.2, 0.25) is 0 Å². The number of rotatable bonds is 4. The third kappa shape index (κ3) is 3.32. The Kier molecular flexibility index (Phi) is 4.45. The van der Waals surface area contributed by atoms with E-state index in [-0.39, 0.29) is 0 Å². The number of benzene rings is 1. The van der Waals surface area contributed by atoms with E-state index < -0.39 is 11.1 Å². The summed E-state index contributed by atoms with van der Waals surface area (Å²) in [5.41, 5.74) is -0.238. The molecule has 7 nitrogen and oxygen atoms in total. The molecule has 8 heteroatoms. The minimum Gasteiger partial charge on any atom is -0.495 e. The Morgan fingerprint density at radius 1 is 1.48 bits per heavy atom. The van der Waals surface area contributed by atoms with Crippen LogP contribution in [0.1, 0.15) is 11.1 Å². The highest BCUT2D eigenvalue weighted by atomic mass is 32.2. The van der Waals surface area contributed by atoms with Gasteiger partial charge in [0.15, 0.2) is 5.16 Å². The second-order valence-electron chi connectivity index (χ2n) is 4.13. The first kappa shape index (κ1) is 14.9. The summed E-state index contributed by atoms with van der Waals surface area (Å²) < 4.78 is 6.47. The van der Waals surface area contributed by atoms with Crippen LogP contribution >= 0.6 is 11.8 Å². The van der Waals surface area contributed by atoms with Crippen LogP contribution < -0.4 is 15.9 Å². The fraction of sp³-hybridized carbons (Fsp3) is 0.231. The van der Waals surface area contributed by atoms with Gasteiger partial charge < -0.3 is 4.74 Å². The molecule has 0 fully saturated rings. The van der Waals surface area contributed by atoms with Crippen LogP contribution in [0.3, 0.4) is 0 Å². The highest BCUT2D eigenvalue weighted by molar-refractivity contribution is 7.98. The summed E-state index contributed by atoms with van der Waals surface area (Å²) >= 11 is 1.29. The number of ether oxygens (including phenoxy) is 1. The molecule has 0 unspecified atom stereocenters. The zero-order valence-corrected chi connectivity index (χ0v) is 12.2. The van der Waals surface area contributed by atoms with E-state index in [2.05, 4.69) is 16.2 Å². The van der Waals surface area contributed by atoms with E-state index in [0.29, 0.717) is 22.2 Å². The van der Waals surface area contributed by atoms with E-state index in [0.717, 1.165) is 5.56 Å². The number of aryl methyl sites for hydroxylation is 1. The molecule has 0 radical (unpaired) electrons. The number of nitriles is 1. The SMILES string of the molecule is COc1ccc(CSc2nc(=O)c(=O)[nH]n2C)cc1C#N. The highest BCUT2D eigenvalue weighted by Crippen LogP contribution is 2.23. The van der Waals surface area contributed by atoms with Gasteiger partial charge in [0.05, 0.1) is 12.7 Å². The summed E-state index contributed by atoms with van der Waals surface area (Å²) in [5.74, 6) is 1.02. The van der Waals surface area contributed by atoms with Crippen molar-refractivity contribution in [2.75, 3.05) is 7.11 Å². The summed E-state index contributed by atoms with van der Waals surface area (Å²) in [4.78, 5) is 26.1. The van der Waals surface area contributed by atoms with Crippen molar-refractivity contribution in [2.24, 2.45) is 7.05 Å². The molecule has 0 saturated heterocycles. The van der Waals surface area contributed by atoms with Crippen molar-refractivity contribution in [1.29, 1.82) is 5.26 Å². The van der Waals surface area contributed by atoms with E-state index in [1.807, 2.05) is 6.07 Å². The maximum absolute atomic E-state index is 11.2. The highest BCUT2D eigenvalue weighted by Gasteiger charge is 2.07. The van der Waals surface area contributed by atoms with Gasteiger partial charge >= 0.3 is 11.1 Å². The van der Waals surface area contributed by atoms with E-state index >= 15 is 0 Å². The molecule has 108 valence electrons. The van der Waals surface area contributed by atoms with Gasteiger partial charge in [0.2, 0.25) is 0 Å². The van der Waals surface area contributed by atoms with Crippen molar-refractivity contribution in [2.45, 2.75) is 10.9 Å². The van der Waals surface area contributed by atoms with Gasteiger partial charge in [-0.2, -0.15) is 10.2 Å². The maximum atomic E-state index is 11.2.